The van der Waals surface area contributed by atoms with E-state index in [2.05, 4.69) is 27.9 Å². The summed E-state index contributed by atoms with van der Waals surface area (Å²) in [6.45, 7) is 1.79. The molecule has 23 heavy (non-hydrogen) atoms. The number of amides is 1. The smallest absolute Gasteiger partial charge is 0.252 e. The van der Waals surface area contributed by atoms with Crippen LogP contribution in [-0.2, 0) is 17.6 Å². The highest BCUT2D eigenvalue weighted by Gasteiger charge is 2.38. The van der Waals surface area contributed by atoms with Crippen molar-refractivity contribution < 1.29 is 9.59 Å². The zero-order chi connectivity index (χ0) is 16.6. The molecule has 2 aromatic rings. The van der Waals surface area contributed by atoms with E-state index >= 15 is 0 Å². The van der Waals surface area contributed by atoms with Crippen LogP contribution in [0.1, 0.15) is 28.4 Å². The maximum atomic E-state index is 12.8. The van der Waals surface area contributed by atoms with Crippen molar-refractivity contribution in [2.75, 3.05) is 0 Å². The van der Waals surface area contributed by atoms with Crippen LogP contribution < -0.4 is 5.32 Å². The highest BCUT2D eigenvalue weighted by molar-refractivity contribution is 14.1. The number of rotatable bonds is 2. The summed E-state index contributed by atoms with van der Waals surface area (Å²) in [6, 6.07) is 13.1. The highest BCUT2D eigenvalue weighted by atomic mass is 127. The zero-order valence-corrected chi connectivity index (χ0v) is 15.4. The molecule has 0 aromatic heterocycles. The summed E-state index contributed by atoms with van der Waals surface area (Å²) in [4.78, 5) is 25.3. The van der Waals surface area contributed by atoms with Crippen LogP contribution in [0.15, 0.2) is 42.5 Å². The molecule has 1 aliphatic rings. The number of halogens is 2. The van der Waals surface area contributed by atoms with E-state index in [1.165, 1.54) is 0 Å². The summed E-state index contributed by atoms with van der Waals surface area (Å²) in [7, 11) is 0. The molecule has 0 saturated carbocycles. The van der Waals surface area contributed by atoms with Crippen molar-refractivity contribution in [3.63, 3.8) is 0 Å². The predicted molar refractivity (Wildman–Crippen MR) is 98.9 cm³/mol. The second-order valence-electron chi connectivity index (χ2n) is 5.99. The largest absolute Gasteiger partial charge is 0.339 e. The third kappa shape index (κ3) is 3.43. The van der Waals surface area contributed by atoms with Crippen molar-refractivity contribution in [1.82, 2.24) is 5.32 Å². The first kappa shape index (κ1) is 16.5. The van der Waals surface area contributed by atoms with Gasteiger partial charge < -0.3 is 5.32 Å². The van der Waals surface area contributed by atoms with E-state index in [4.69, 9.17) is 11.6 Å². The number of carbonyl (C=O) groups excluding carboxylic acids is 2. The second-order valence-corrected chi connectivity index (χ2v) is 7.67. The van der Waals surface area contributed by atoms with Crippen LogP contribution in [-0.4, -0.2) is 17.2 Å². The molecule has 0 saturated heterocycles. The fourth-order valence-electron chi connectivity index (χ4n) is 2.82. The van der Waals surface area contributed by atoms with Gasteiger partial charge in [-0.05, 0) is 64.9 Å². The number of ketones is 1. The van der Waals surface area contributed by atoms with Crippen LogP contribution in [0.5, 0.6) is 0 Å². The summed E-state index contributed by atoms with van der Waals surface area (Å²) in [5.41, 5.74) is 1.31. The number of nitrogens with one attached hydrogen (secondary N) is 1. The van der Waals surface area contributed by atoms with Crippen LogP contribution >= 0.6 is 34.2 Å². The first-order chi connectivity index (χ1) is 10.9. The van der Waals surface area contributed by atoms with Gasteiger partial charge in [-0.1, -0.05) is 29.8 Å². The summed E-state index contributed by atoms with van der Waals surface area (Å²) >= 11 is 8.22. The molecule has 0 bridgehead atoms. The van der Waals surface area contributed by atoms with Crippen LogP contribution in [0, 0.1) is 3.57 Å². The van der Waals surface area contributed by atoms with Gasteiger partial charge in [0, 0.05) is 27.0 Å². The molecule has 118 valence electrons. The first-order valence-corrected chi connectivity index (χ1v) is 8.72. The van der Waals surface area contributed by atoms with Gasteiger partial charge in [0.25, 0.3) is 5.91 Å². The summed E-state index contributed by atoms with van der Waals surface area (Å²) in [5.74, 6) is -0.244. The van der Waals surface area contributed by atoms with E-state index in [0.717, 1.165) is 14.7 Å². The molecular weight excluding hydrogens is 425 g/mol. The van der Waals surface area contributed by atoms with E-state index in [0.29, 0.717) is 17.0 Å². The first-order valence-electron chi connectivity index (χ1n) is 7.26. The number of fused-ring (bicyclic) bond motifs is 1. The van der Waals surface area contributed by atoms with Crippen molar-refractivity contribution in [1.29, 1.82) is 0 Å². The van der Waals surface area contributed by atoms with Crippen molar-refractivity contribution >= 4 is 45.9 Å². The summed E-state index contributed by atoms with van der Waals surface area (Å²) < 4.78 is 1.13. The van der Waals surface area contributed by atoms with Gasteiger partial charge >= 0.3 is 0 Å². The van der Waals surface area contributed by atoms with Gasteiger partial charge in [-0.3, -0.25) is 9.59 Å². The Balaban J connectivity index is 1.93. The molecule has 0 fully saturated rings. The Morgan fingerprint density at radius 1 is 1.17 bits per heavy atom. The fourth-order valence-corrected chi connectivity index (χ4v) is 3.35. The van der Waals surface area contributed by atoms with Gasteiger partial charge in [-0.15, -0.1) is 0 Å². The number of hydrogen-bond acceptors (Lipinski definition) is 2. The highest BCUT2D eigenvalue weighted by Crippen LogP contribution is 2.25. The van der Waals surface area contributed by atoms with Gasteiger partial charge in [-0.2, -0.15) is 0 Å². The molecule has 5 heteroatoms. The van der Waals surface area contributed by atoms with E-state index in [9.17, 15) is 9.59 Å². The molecule has 1 amide bonds. The van der Waals surface area contributed by atoms with Gasteiger partial charge in [0.15, 0.2) is 5.78 Å². The summed E-state index contributed by atoms with van der Waals surface area (Å²) in [5, 5.41) is 3.40. The molecule has 0 aliphatic carbocycles. The Hall–Kier alpha value is -1.40. The van der Waals surface area contributed by atoms with E-state index in [1.54, 1.807) is 25.1 Å². The topological polar surface area (TPSA) is 46.2 Å². The van der Waals surface area contributed by atoms with Crippen LogP contribution in [0.2, 0.25) is 5.02 Å². The average Bonchev–Trinajstić information content (AvgIpc) is 2.59. The van der Waals surface area contributed by atoms with Gasteiger partial charge in [-0.25, -0.2) is 0 Å². The molecule has 3 rings (SSSR count). The molecule has 0 spiro atoms. The average molecular weight is 440 g/mol. The van der Waals surface area contributed by atoms with Crippen LogP contribution in [0.25, 0.3) is 0 Å². The Labute approximate surface area is 153 Å². The van der Waals surface area contributed by atoms with Gasteiger partial charge in [0.2, 0.25) is 0 Å². The maximum absolute atomic E-state index is 12.8. The second kappa shape index (κ2) is 6.24. The normalized spacial score (nSPS) is 20.7. The number of Topliss-reactive ketones (excluding diaryl/α,β-unsaturated/α-hetero) is 1. The predicted octanol–water partition coefficient (Wildman–Crippen LogP) is 3.80. The Bertz CT molecular complexity index is 788. The minimum absolute atomic E-state index is 0.00507. The number of carbonyl (C=O) groups is 2. The fraction of sp³-hybridized carbons (Fsp3) is 0.222. The molecule has 1 N–H and O–H groups in total. The minimum atomic E-state index is -0.921. The van der Waals surface area contributed by atoms with Gasteiger partial charge in [0.05, 0.1) is 0 Å². The van der Waals surface area contributed by atoms with Crippen molar-refractivity contribution in [3.05, 3.63) is 67.7 Å². The Morgan fingerprint density at radius 3 is 2.57 bits per heavy atom. The Morgan fingerprint density at radius 2 is 1.87 bits per heavy atom. The lowest BCUT2D eigenvalue weighted by molar-refractivity contribution is -0.123. The standard InChI is InChI=1S/C18H15ClINO2/c1-18(10-11-2-6-14(20)7-3-11)16(22)8-12-4-5-13(19)9-15(12)17(23)21-18/h2-7,9H,8,10H2,1H3,(H,21,23)/t18-/m0/s1. The maximum Gasteiger partial charge on any atom is 0.252 e. The SMILES string of the molecule is C[C@@]1(Cc2ccc(I)cc2)NC(=O)c2cc(Cl)ccc2CC1=O. The molecular formula is C18H15ClINO2. The molecule has 2 aromatic carbocycles. The van der Waals surface area contributed by atoms with Crippen molar-refractivity contribution in [2.45, 2.75) is 25.3 Å². The number of benzene rings is 2. The molecule has 1 atom stereocenters. The van der Waals surface area contributed by atoms with Crippen LogP contribution in [0.3, 0.4) is 0 Å². The van der Waals surface area contributed by atoms with E-state index in [-0.39, 0.29) is 18.1 Å². The number of hydrogen-bond donors (Lipinski definition) is 1. The lowest BCUT2D eigenvalue weighted by Crippen LogP contribution is -2.52. The van der Waals surface area contributed by atoms with Crippen molar-refractivity contribution in [3.8, 4) is 0 Å². The van der Waals surface area contributed by atoms with Crippen LogP contribution in [0.4, 0.5) is 0 Å². The third-order valence-electron chi connectivity index (χ3n) is 4.14. The summed E-state index contributed by atoms with van der Waals surface area (Å²) in [6.07, 6.45) is 0.697. The molecule has 0 unspecified atom stereocenters. The minimum Gasteiger partial charge on any atom is -0.339 e. The molecule has 0 radical (unpaired) electrons. The lowest BCUT2D eigenvalue weighted by Gasteiger charge is -2.27. The molecule has 1 aliphatic heterocycles. The molecule has 3 nitrogen and oxygen atoms in total. The Kier molecular flexibility index (Phi) is 4.47. The molecule has 1 heterocycles. The van der Waals surface area contributed by atoms with Crippen molar-refractivity contribution in [2.24, 2.45) is 0 Å². The van der Waals surface area contributed by atoms with E-state index < -0.39 is 5.54 Å². The third-order valence-corrected chi connectivity index (χ3v) is 5.10. The monoisotopic (exact) mass is 439 g/mol. The zero-order valence-electron chi connectivity index (χ0n) is 12.5. The van der Waals surface area contributed by atoms with E-state index in [1.807, 2.05) is 24.3 Å². The lowest BCUT2D eigenvalue weighted by atomic mass is 9.86. The quantitative estimate of drug-likeness (QED) is 0.724. The van der Waals surface area contributed by atoms with Gasteiger partial charge in [0.1, 0.15) is 5.54 Å².